The summed E-state index contributed by atoms with van der Waals surface area (Å²) in [4.78, 5) is 0. The van der Waals surface area contributed by atoms with Crippen molar-refractivity contribution in [2.24, 2.45) is 0 Å². The van der Waals surface area contributed by atoms with Crippen LogP contribution < -0.4 is 0 Å². The molecular weight excluding hydrogens is 90.9 g/mol. The largest absolute Gasteiger partial charge is 0.543 e. The van der Waals surface area contributed by atoms with Crippen LogP contribution >= 0.6 is 0 Å². The second-order valence-corrected chi connectivity index (χ2v) is 1.17. The van der Waals surface area contributed by atoms with E-state index in [2.05, 4.69) is 4.65 Å². The topological polar surface area (TPSA) is 29.5 Å². The van der Waals surface area contributed by atoms with Gasteiger partial charge in [0.1, 0.15) is 0 Å². The first-order valence-electron chi connectivity index (χ1n) is 2.18. The minimum absolute atomic E-state index is 0.226. The van der Waals surface area contributed by atoms with Gasteiger partial charge in [0.05, 0.1) is 5.76 Å². The second kappa shape index (κ2) is 3.74. The molecule has 0 radical (unpaired) electrons. The van der Waals surface area contributed by atoms with Gasteiger partial charge in [-0.15, -0.1) is 0 Å². The first-order valence-corrected chi connectivity index (χ1v) is 2.18. The van der Waals surface area contributed by atoms with E-state index in [-0.39, 0.29) is 7.69 Å². The lowest BCUT2D eigenvalue weighted by Gasteiger charge is -1.96. The Morgan fingerprint density at radius 2 is 2.43 bits per heavy atom. The zero-order chi connectivity index (χ0) is 5.70. The molecule has 0 unspecified atom stereocenters. The Morgan fingerprint density at radius 1 is 1.86 bits per heavy atom. The standard InChI is InChI=1S/C4H9BO2/c1-3-4(2)7-5-6/h3,5-6H,1-2H3/b4-3+. The van der Waals surface area contributed by atoms with Crippen molar-refractivity contribution < 1.29 is 9.68 Å². The summed E-state index contributed by atoms with van der Waals surface area (Å²) in [5.74, 6) is 0.752. The minimum atomic E-state index is -0.226. The fraction of sp³-hybridized carbons (Fsp3) is 0.500. The minimum Gasteiger partial charge on any atom is -0.543 e. The van der Waals surface area contributed by atoms with Gasteiger partial charge in [-0.3, -0.25) is 0 Å². The van der Waals surface area contributed by atoms with Crippen molar-refractivity contribution in [3.63, 3.8) is 0 Å². The molecule has 40 valence electrons. The molecule has 0 saturated carbocycles. The molecule has 0 aromatic rings. The van der Waals surface area contributed by atoms with E-state index in [4.69, 9.17) is 5.02 Å². The van der Waals surface area contributed by atoms with E-state index in [0.717, 1.165) is 5.76 Å². The molecule has 3 heteroatoms. The van der Waals surface area contributed by atoms with Crippen LogP contribution in [0.1, 0.15) is 13.8 Å². The quantitative estimate of drug-likeness (QED) is 0.396. The molecule has 0 fully saturated rings. The zero-order valence-corrected chi connectivity index (χ0v) is 4.64. The predicted molar refractivity (Wildman–Crippen MR) is 29.9 cm³/mol. The first kappa shape index (κ1) is 6.56. The van der Waals surface area contributed by atoms with Crippen LogP contribution in [-0.4, -0.2) is 12.7 Å². The van der Waals surface area contributed by atoms with Crippen molar-refractivity contribution in [1.29, 1.82) is 0 Å². The Balaban J connectivity index is 3.17. The molecular formula is C4H9BO2. The molecule has 0 atom stereocenters. The van der Waals surface area contributed by atoms with E-state index in [1.807, 2.05) is 6.92 Å². The van der Waals surface area contributed by atoms with E-state index in [1.165, 1.54) is 0 Å². The zero-order valence-electron chi connectivity index (χ0n) is 4.64. The third-order valence-electron chi connectivity index (χ3n) is 0.699. The Hall–Kier alpha value is -0.435. The van der Waals surface area contributed by atoms with Crippen LogP contribution in [0.5, 0.6) is 0 Å². The van der Waals surface area contributed by atoms with Gasteiger partial charge in [-0.05, 0) is 13.8 Å². The van der Waals surface area contributed by atoms with Gasteiger partial charge in [0.15, 0.2) is 0 Å². The highest BCUT2D eigenvalue weighted by molar-refractivity contribution is 6.16. The Labute approximate surface area is 44.1 Å². The molecule has 0 amide bonds. The smallest absolute Gasteiger partial charge is 0.503 e. The van der Waals surface area contributed by atoms with E-state index in [0.29, 0.717) is 0 Å². The maximum atomic E-state index is 8.10. The van der Waals surface area contributed by atoms with Gasteiger partial charge in [-0.2, -0.15) is 0 Å². The normalized spacial score (nSPS) is 11.0. The summed E-state index contributed by atoms with van der Waals surface area (Å²) in [5, 5.41) is 8.10. The fourth-order valence-electron chi connectivity index (χ4n) is 0.185. The average Bonchev–Trinajstić information content (AvgIpc) is 1.68. The molecule has 0 aliphatic carbocycles. The summed E-state index contributed by atoms with van der Waals surface area (Å²) in [6, 6.07) is 0. The summed E-state index contributed by atoms with van der Waals surface area (Å²) in [6.45, 7) is 3.64. The SMILES string of the molecule is C/C=C(\C)OBO. The molecule has 0 heterocycles. The third kappa shape index (κ3) is 3.39. The van der Waals surface area contributed by atoms with Crippen LogP contribution in [0.4, 0.5) is 0 Å². The van der Waals surface area contributed by atoms with Gasteiger partial charge in [-0.1, -0.05) is 6.08 Å². The summed E-state index contributed by atoms with van der Waals surface area (Å²) >= 11 is 0. The maximum Gasteiger partial charge on any atom is 0.503 e. The summed E-state index contributed by atoms with van der Waals surface area (Å²) < 4.78 is 4.61. The van der Waals surface area contributed by atoms with E-state index in [1.54, 1.807) is 13.0 Å². The molecule has 0 aliphatic rings. The Kier molecular flexibility index (Phi) is 3.51. The Bertz CT molecular complexity index is 70.1. The fourth-order valence-corrected chi connectivity index (χ4v) is 0.185. The number of allylic oxidation sites excluding steroid dienone is 2. The molecule has 0 saturated heterocycles. The van der Waals surface area contributed by atoms with Gasteiger partial charge in [0.2, 0.25) is 0 Å². The maximum absolute atomic E-state index is 8.10. The molecule has 7 heavy (non-hydrogen) atoms. The van der Waals surface area contributed by atoms with Crippen LogP contribution in [0.2, 0.25) is 0 Å². The molecule has 0 rings (SSSR count). The number of hydrogen-bond acceptors (Lipinski definition) is 2. The lowest BCUT2D eigenvalue weighted by atomic mass is 10.4. The number of hydrogen-bond donors (Lipinski definition) is 1. The van der Waals surface area contributed by atoms with Crippen molar-refractivity contribution in [2.45, 2.75) is 13.8 Å². The number of rotatable bonds is 2. The van der Waals surface area contributed by atoms with Crippen LogP contribution in [0.25, 0.3) is 0 Å². The van der Waals surface area contributed by atoms with Crippen LogP contribution in [-0.2, 0) is 4.65 Å². The van der Waals surface area contributed by atoms with Crippen molar-refractivity contribution in [2.75, 3.05) is 0 Å². The Morgan fingerprint density at radius 3 is 2.57 bits per heavy atom. The van der Waals surface area contributed by atoms with Gasteiger partial charge in [0, 0.05) is 0 Å². The van der Waals surface area contributed by atoms with Crippen LogP contribution in [0, 0.1) is 0 Å². The van der Waals surface area contributed by atoms with E-state index >= 15 is 0 Å². The van der Waals surface area contributed by atoms with Crippen molar-refractivity contribution in [1.82, 2.24) is 0 Å². The monoisotopic (exact) mass is 100 g/mol. The molecule has 0 spiro atoms. The summed E-state index contributed by atoms with van der Waals surface area (Å²) in [5.41, 5.74) is 0. The van der Waals surface area contributed by atoms with Gasteiger partial charge >= 0.3 is 7.69 Å². The lowest BCUT2D eigenvalue weighted by molar-refractivity contribution is 0.370. The van der Waals surface area contributed by atoms with Gasteiger partial charge in [0.25, 0.3) is 0 Å². The van der Waals surface area contributed by atoms with Crippen molar-refractivity contribution in [3.8, 4) is 0 Å². The van der Waals surface area contributed by atoms with Gasteiger partial charge in [-0.25, -0.2) is 0 Å². The first-order chi connectivity index (χ1) is 3.31. The van der Waals surface area contributed by atoms with Crippen LogP contribution in [0.15, 0.2) is 11.8 Å². The van der Waals surface area contributed by atoms with Crippen LogP contribution in [0.3, 0.4) is 0 Å². The molecule has 0 bridgehead atoms. The molecule has 0 aliphatic heterocycles. The summed E-state index contributed by atoms with van der Waals surface area (Å²) in [7, 11) is -0.226. The highest BCUT2D eigenvalue weighted by Crippen LogP contribution is 1.88. The lowest BCUT2D eigenvalue weighted by Crippen LogP contribution is -1.92. The van der Waals surface area contributed by atoms with E-state index < -0.39 is 0 Å². The third-order valence-corrected chi connectivity index (χ3v) is 0.699. The summed E-state index contributed by atoms with van der Waals surface area (Å²) in [6.07, 6.45) is 1.79. The molecule has 0 aromatic carbocycles. The average molecular weight is 99.9 g/mol. The highest BCUT2D eigenvalue weighted by Gasteiger charge is 1.82. The predicted octanol–water partition coefficient (Wildman–Crippen LogP) is 0.185. The molecule has 2 nitrogen and oxygen atoms in total. The van der Waals surface area contributed by atoms with Gasteiger partial charge < -0.3 is 9.68 Å². The molecule has 1 N–H and O–H groups in total. The van der Waals surface area contributed by atoms with Crippen molar-refractivity contribution >= 4 is 7.69 Å². The van der Waals surface area contributed by atoms with Crippen molar-refractivity contribution in [3.05, 3.63) is 11.8 Å². The molecule has 0 aromatic heterocycles. The highest BCUT2D eigenvalue weighted by atomic mass is 16.5. The second-order valence-electron chi connectivity index (χ2n) is 1.17. The van der Waals surface area contributed by atoms with E-state index in [9.17, 15) is 0 Å².